The second-order valence-electron chi connectivity index (χ2n) is 7.82. The predicted octanol–water partition coefficient (Wildman–Crippen LogP) is 8.27. The van der Waals surface area contributed by atoms with Crippen LogP contribution in [0, 0.1) is 6.92 Å². The molecule has 3 rings (SSSR count). The molecule has 1 atom stereocenters. The lowest BCUT2D eigenvalue weighted by Gasteiger charge is -2.34. The first-order valence-electron chi connectivity index (χ1n) is 10.2. The van der Waals surface area contributed by atoms with E-state index in [4.69, 9.17) is 0 Å². The molecule has 0 spiro atoms. The highest BCUT2D eigenvalue weighted by molar-refractivity contribution is 9.10. The van der Waals surface area contributed by atoms with E-state index in [-0.39, 0.29) is 34.9 Å². The van der Waals surface area contributed by atoms with Crippen LogP contribution in [0.1, 0.15) is 34.0 Å². The van der Waals surface area contributed by atoms with E-state index in [1.165, 1.54) is 6.92 Å². The third kappa shape index (κ3) is 4.45. The summed E-state index contributed by atoms with van der Waals surface area (Å²) < 4.78 is 84.9. The molecular weight excluding hydrogens is 524 g/mol. The van der Waals surface area contributed by atoms with Crippen LogP contribution in [0.4, 0.5) is 32.0 Å². The summed E-state index contributed by atoms with van der Waals surface area (Å²) in [4.78, 5) is 12.9. The van der Waals surface area contributed by atoms with E-state index >= 15 is 4.39 Å². The van der Waals surface area contributed by atoms with Crippen LogP contribution in [0.25, 0.3) is 10.8 Å². The zero-order valence-electron chi connectivity index (χ0n) is 18.2. The molecule has 34 heavy (non-hydrogen) atoms. The second-order valence-corrected chi connectivity index (χ2v) is 8.74. The lowest BCUT2D eigenvalue weighted by molar-refractivity contribution is -0.296. The Balaban J connectivity index is 2.05. The number of carbonyl (C=O) groups excluding carboxylic acids is 1. The van der Waals surface area contributed by atoms with Gasteiger partial charge in [0.25, 0.3) is 11.6 Å². The van der Waals surface area contributed by atoms with E-state index in [1.807, 2.05) is 18.2 Å². The van der Waals surface area contributed by atoms with E-state index in [0.717, 1.165) is 15.2 Å². The van der Waals surface area contributed by atoms with Crippen molar-refractivity contribution in [3.63, 3.8) is 0 Å². The molecule has 0 aliphatic carbocycles. The molecule has 3 aromatic carbocycles. The molecule has 9 heteroatoms. The summed E-state index contributed by atoms with van der Waals surface area (Å²) >= 11 is 3.37. The van der Waals surface area contributed by atoms with Crippen molar-refractivity contribution >= 4 is 38.3 Å². The summed E-state index contributed by atoms with van der Waals surface area (Å²) in [5.41, 5.74) is -5.72. The first-order valence-corrected chi connectivity index (χ1v) is 11.0. The molecule has 0 saturated carbocycles. The summed E-state index contributed by atoms with van der Waals surface area (Å²) in [6, 6.07) is 11.9. The van der Waals surface area contributed by atoms with E-state index < -0.39 is 29.2 Å². The van der Waals surface area contributed by atoms with Crippen LogP contribution in [0.2, 0.25) is 0 Å². The average Bonchev–Trinajstić information content (AvgIpc) is 2.78. The second kappa shape index (κ2) is 9.09. The van der Waals surface area contributed by atoms with Crippen LogP contribution in [0.5, 0.6) is 0 Å². The van der Waals surface area contributed by atoms with Crippen molar-refractivity contribution < 1.29 is 31.1 Å². The van der Waals surface area contributed by atoms with Crippen LogP contribution in [0.3, 0.4) is 0 Å². The molecule has 0 aliphatic heterocycles. The van der Waals surface area contributed by atoms with Crippen molar-refractivity contribution in [3.05, 3.63) is 87.9 Å². The normalized spacial score (nSPS) is 14.0. The summed E-state index contributed by atoms with van der Waals surface area (Å²) in [6.45, 7) is 5.55. The van der Waals surface area contributed by atoms with Gasteiger partial charge in [-0.05, 0) is 71.7 Å². The third-order valence-corrected chi connectivity index (χ3v) is 6.10. The number of anilines is 1. The highest BCUT2D eigenvalue weighted by Gasteiger charge is 2.71. The van der Waals surface area contributed by atoms with Gasteiger partial charge < -0.3 is 5.32 Å². The van der Waals surface area contributed by atoms with E-state index in [1.54, 1.807) is 25.1 Å². The quantitative estimate of drug-likeness (QED) is 0.246. The topological polar surface area (TPSA) is 29.1 Å². The maximum absolute atomic E-state index is 15.1. The van der Waals surface area contributed by atoms with Gasteiger partial charge in [-0.3, -0.25) is 4.79 Å². The molecule has 0 aliphatic rings. The molecule has 180 valence electrons. The van der Waals surface area contributed by atoms with Gasteiger partial charge in [-0.1, -0.05) is 47.6 Å². The maximum Gasteiger partial charge on any atom is 0.433 e. The number of amides is 1. The zero-order valence-corrected chi connectivity index (χ0v) is 19.8. The van der Waals surface area contributed by atoms with Gasteiger partial charge in [0.1, 0.15) is 0 Å². The van der Waals surface area contributed by atoms with Crippen molar-refractivity contribution in [1.29, 1.82) is 0 Å². The molecule has 0 radical (unpaired) electrons. The van der Waals surface area contributed by atoms with Crippen LogP contribution in [0.15, 0.2) is 65.7 Å². The number of allylic oxidation sites excluding steroid dienone is 1. The highest BCUT2D eigenvalue weighted by atomic mass is 79.9. The average molecular weight is 544 g/mol. The predicted molar refractivity (Wildman–Crippen MR) is 124 cm³/mol. The van der Waals surface area contributed by atoms with Gasteiger partial charge in [-0.15, -0.1) is 0 Å². The Morgan fingerprint density at radius 1 is 1.00 bits per heavy atom. The minimum atomic E-state index is -5.91. The first-order chi connectivity index (χ1) is 15.7. The molecule has 0 heterocycles. The number of rotatable bonds is 6. The van der Waals surface area contributed by atoms with Crippen molar-refractivity contribution in [2.75, 3.05) is 5.32 Å². The highest BCUT2D eigenvalue weighted by Crippen LogP contribution is 2.53. The maximum atomic E-state index is 15.1. The summed E-state index contributed by atoms with van der Waals surface area (Å²) in [5, 5.41) is 4.31. The van der Waals surface area contributed by atoms with Gasteiger partial charge in [0.2, 0.25) is 0 Å². The fourth-order valence-electron chi connectivity index (χ4n) is 3.75. The largest absolute Gasteiger partial charge is 0.433 e. The lowest BCUT2D eigenvalue weighted by Crippen LogP contribution is -2.51. The van der Waals surface area contributed by atoms with Crippen molar-refractivity contribution in [1.82, 2.24) is 0 Å². The Morgan fingerprint density at radius 2 is 1.62 bits per heavy atom. The van der Waals surface area contributed by atoms with Crippen molar-refractivity contribution in [2.45, 2.75) is 38.0 Å². The number of nitrogens with one attached hydrogen (secondary N) is 1. The monoisotopic (exact) mass is 543 g/mol. The zero-order chi connectivity index (χ0) is 25.5. The number of carbonyl (C=O) groups is 1. The molecule has 0 aromatic heterocycles. The summed E-state index contributed by atoms with van der Waals surface area (Å²) in [6.07, 6.45) is -6.20. The van der Waals surface area contributed by atoms with Gasteiger partial charge in [-0.25, -0.2) is 4.39 Å². The number of fused-ring (bicyclic) bond motifs is 1. The van der Waals surface area contributed by atoms with Crippen LogP contribution < -0.4 is 5.32 Å². The molecule has 0 saturated heterocycles. The molecule has 1 unspecified atom stereocenters. The fourth-order valence-corrected chi connectivity index (χ4v) is 4.12. The fraction of sp³-hybridized carbons (Fsp3) is 0.240. The molecule has 1 N–H and O–H groups in total. The van der Waals surface area contributed by atoms with Crippen LogP contribution in [-0.4, -0.2) is 18.0 Å². The van der Waals surface area contributed by atoms with E-state index in [2.05, 4.69) is 27.8 Å². The van der Waals surface area contributed by atoms with Gasteiger partial charge in [0.15, 0.2) is 0 Å². The summed E-state index contributed by atoms with van der Waals surface area (Å²) in [7, 11) is 0. The minimum Gasteiger partial charge on any atom is -0.321 e. The van der Waals surface area contributed by atoms with Gasteiger partial charge in [-0.2, -0.15) is 22.0 Å². The number of hydrogen-bond donors (Lipinski definition) is 1. The molecular formula is C25H20BrF6NO. The van der Waals surface area contributed by atoms with Crippen LogP contribution >= 0.6 is 15.9 Å². The smallest absolute Gasteiger partial charge is 0.321 e. The summed E-state index contributed by atoms with van der Waals surface area (Å²) in [5.74, 6) is -5.46. The van der Waals surface area contributed by atoms with Crippen molar-refractivity contribution in [2.24, 2.45) is 0 Å². The number of alkyl halides is 6. The Hall–Kier alpha value is -2.81. The Kier molecular flexibility index (Phi) is 6.90. The standard InChI is InChI=1S/C25H20BrF6NO/c1-4-15-12-19(24(29,25(30,31)32)23(27,28)5-2)10-14(3)21(15)33-22(34)18-7-6-17-13-20(26)9-8-16(17)11-18/h5-13H,2,4H2,1,3H3,(H,33,34). The Labute approximate surface area is 200 Å². The molecule has 0 fully saturated rings. The Morgan fingerprint density at radius 3 is 2.21 bits per heavy atom. The Bertz CT molecular complexity index is 1270. The number of aryl methyl sites for hydroxylation is 2. The van der Waals surface area contributed by atoms with Gasteiger partial charge >= 0.3 is 12.1 Å². The third-order valence-electron chi connectivity index (χ3n) is 5.61. The molecule has 0 bridgehead atoms. The molecule has 2 nitrogen and oxygen atoms in total. The molecule has 1 amide bonds. The van der Waals surface area contributed by atoms with E-state index in [0.29, 0.717) is 12.1 Å². The first kappa shape index (κ1) is 25.8. The van der Waals surface area contributed by atoms with Gasteiger partial charge in [0.05, 0.1) is 0 Å². The van der Waals surface area contributed by atoms with Crippen molar-refractivity contribution in [3.8, 4) is 0 Å². The van der Waals surface area contributed by atoms with Crippen LogP contribution in [-0.2, 0) is 12.1 Å². The van der Waals surface area contributed by atoms with Gasteiger partial charge in [0, 0.05) is 21.3 Å². The number of hydrogen-bond acceptors (Lipinski definition) is 1. The number of benzene rings is 3. The lowest BCUT2D eigenvalue weighted by atomic mass is 9.85. The van der Waals surface area contributed by atoms with E-state index in [9.17, 15) is 26.7 Å². The molecule has 3 aromatic rings. The SMILES string of the molecule is C=CC(F)(F)C(F)(c1cc(C)c(NC(=O)c2ccc3cc(Br)ccc3c2)c(CC)c1)C(F)(F)F. The minimum absolute atomic E-state index is 0.0126. The number of halogens is 7.